The van der Waals surface area contributed by atoms with E-state index in [1.165, 1.54) is 0 Å². The van der Waals surface area contributed by atoms with Gasteiger partial charge < -0.3 is 5.32 Å². The number of piperidine rings is 1. The third-order valence-corrected chi connectivity index (χ3v) is 6.13. The Balaban J connectivity index is 1.70. The van der Waals surface area contributed by atoms with E-state index in [1.54, 1.807) is 4.68 Å². The van der Waals surface area contributed by atoms with Crippen molar-refractivity contribution in [1.82, 2.24) is 24.9 Å². The van der Waals surface area contributed by atoms with Gasteiger partial charge in [-0.3, -0.25) is 19.3 Å². The minimum atomic E-state index is -0.334. The molecule has 24 heavy (non-hydrogen) atoms. The van der Waals surface area contributed by atoms with Crippen molar-refractivity contribution in [2.45, 2.75) is 44.7 Å². The smallest absolute Gasteiger partial charge is 0.240 e. The van der Waals surface area contributed by atoms with E-state index < -0.39 is 0 Å². The minimum absolute atomic E-state index is 0.204. The molecule has 0 atom stereocenters. The molecule has 0 saturated carbocycles. The van der Waals surface area contributed by atoms with Crippen LogP contribution in [-0.2, 0) is 24.8 Å². The number of hydrogen-bond acceptors (Lipinski definition) is 4. The van der Waals surface area contributed by atoms with Gasteiger partial charge in [-0.25, -0.2) is 0 Å². The lowest BCUT2D eigenvalue weighted by Gasteiger charge is -2.45. The summed E-state index contributed by atoms with van der Waals surface area (Å²) in [5.74, 6) is 0.204. The van der Waals surface area contributed by atoms with E-state index in [9.17, 15) is 4.79 Å². The van der Waals surface area contributed by atoms with E-state index in [1.807, 2.05) is 7.05 Å². The van der Waals surface area contributed by atoms with Gasteiger partial charge in [-0.05, 0) is 32.7 Å². The molecule has 2 saturated heterocycles. The van der Waals surface area contributed by atoms with Crippen molar-refractivity contribution >= 4 is 17.5 Å². The summed E-state index contributed by atoms with van der Waals surface area (Å²) in [4.78, 5) is 17.3. The molecule has 3 rings (SSSR count). The fourth-order valence-electron chi connectivity index (χ4n) is 4.02. The van der Waals surface area contributed by atoms with Crippen LogP contribution >= 0.6 is 11.6 Å². The van der Waals surface area contributed by atoms with E-state index in [-0.39, 0.29) is 11.4 Å². The number of likely N-dealkylation sites (tertiary alicyclic amines) is 1. The Morgan fingerprint density at radius 1 is 1.25 bits per heavy atom. The number of likely N-dealkylation sites (N-methyl/N-ethyl adjacent to an activating group) is 1. The fraction of sp³-hybridized carbons (Fsp3) is 0.765. The first-order valence-electron chi connectivity index (χ1n) is 8.90. The monoisotopic (exact) mass is 353 g/mol. The average Bonchev–Trinajstić information content (AvgIpc) is 2.78. The molecule has 2 fully saturated rings. The summed E-state index contributed by atoms with van der Waals surface area (Å²) >= 11 is 6.42. The van der Waals surface area contributed by atoms with Gasteiger partial charge in [0.1, 0.15) is 10.7 Å². The minimum Gasteiger partial charge on any atom is -0.354 e. The molecule has 1 aromatic rings. The summed E-state index contributed by atoms with van der Waals surface area (Å²) in [5.41, 5.74) is 1.88. The molecule has 0 aromatic carbocycles. The van der Waals surface area contributed by atoms with Crippen LogP contribution in [0.25, 0.3) is 0 Å². The molecular weight excluding hydrogens is 326 g/mol. The van der Waals surface area contributed by atoms with Gasteiger partial charge in [0.05, 0.1) is 5.69 Å². The zero-order valence-electron chi connectivity index (χ0n) is 14.9. The molecule has 1 amide bonds. The Morgan fingerprint density at radius 2 is 1.96 bits per heavy atom. The van der Waals surface area contributed by atoms with E-state index in [0.717, 1.165) is 74.8 Å². The molecule has 0 radical (unpaired) electrons. The highest BCUT2D eigenvalue weighted by Crippen LogP contribution is 2.31. The fourth-order valence-corrected chi connectivity index (χ4v) is 4.23. The number of nitrogens with one attached hydrogen (secondary N) is 1. The number of amides is 1. The highest BCUT2D eigenvalue weighted by molar-refractivity contribution is 6.30. The Labute approximate surface area is 149 Å². The van der Waals surface area contributed by atoms with E-state index in [2.05, 4.69) is 34.2 Å². The summed E-state index contributed by atoms with van der Waals surface area (Å²) in [6.07, 6.45) is 3.65. The first kappa shape index (κ1) is 17.7. The zero-order chi connectivity index (χ0) is 17.3. The van der Waals surface area contributed by atoms with Crippen LogP contribution in [0.5, 0.6) is 0 Å². The summed E-state index contributed by atoms with van der Waals surface area (Å²) in [7, 11) is 3.98. The van der Waals surface area contributed by atoms with Crippen molar-refractivity contribution < 1.29 is 4.79 Å². The average molecular weight is 354 g/mol. The molecule has 7 heteroatoms. The van der Waals surface area contributed by atoms with Crippen molar-refractivity contribution in [2.75, 3.05) is 33.2 Å². The third kappa shape index (κ3) is 3.07. The predicted molar refractivity (Wildman–Crippen MR) is 95.1 cm³/mol. The van der Waals surface area contributed by atoms with E-state index in [0.29, 0.717) is 0 Å². The molecule has 0 unspecified atom stereocenters. The molecule has 1 aromatic heterocycles. The lowest BCUT2D eigenvalue weighted by molar-refractivity contribution is -0.134. The van der Waals surface area contributed by atoms with Crippen LogP contribution in [0.15, 0.2) is 0 Å². The molecule has 1 N–H and O–H groups in total. The van der Waals surface area contributed by atoms with Crippen LogP contribution in [0, 0.1) is 0 Å². The van der Waals surface area contributed by atoms with Crippen LogP contribution in [-0.4, -0.2) is 64.3 Å². The quantitative estimate of drug-likeness (QED) is 0.893. The van der Waals surface area contributed by atoms with Crippen molar-refractivity contribution in [1.29, 1.82) is 0 Å². The first-order chi connectivity index (χ1) is 11.5. The summed E-state index contributed by atoms with van der Waals surface area (Å²) in [5, 5.41) is 8.33. The maximum absolute atomic E-state index is 12.6. The largest absolute Gasteiger partial charge is 0.354 e. The maximum atomic E-state index is 12.6. The molecular formula is C17H28ClN5O. The summed E-state index contributed by atoms with van der Waals surface area (Å²) in [6, 6.07) is 0. The van der Waals surface area contributed by atoms with Gasteiger partial charge in [0.2, 0.25) is 5.91 Å². The van der Waals surface area contributed by atoms with Crippen LogP contribution in [0.3, 0.4) is 0 Å². The number of aryl methyl sites for hydroxylation is 2. The van der Waals surface area contributed by atoms with Gasteiger partial charge in [0.15, 0.2) is 0 Å². The van der Waals surface area contributed by atoms with E-state index in [4.69, 9.17) is 11.6 Å². The van der Waals surface area contributed by atoms with Crippen molar-refractivity contribution in [3.63, 3.8) is 0 Å². The second-order valence-corrected chi connectivity index (χ2v) is 7.39. The maximum Gasteiger partial charge on any atom is 0.240 e. The number of carbonyl (C=O) groups is 1. The molecule has 134 valence electrons. The van der Waals surface area contributed by atoms with Crippen LogP contribution < -0.4 is 5.32 Å². The molecule has 2 aliphatic rings. The third-order valence-electron chi connectivity index (χ3n) is 5.66. The first-order valence-corrected chi connectivity index (χ1v) is 9.28. The van der Waals surface area contributed by atoms with Gasteiger partial charge >= 0.3 is 0 Å². The Kier molecular flexibility index (Phi) is 5.18. The van der Waals surface area contributed by atoms with Crippen LogP contribution in [0.4, 0.5) is 0 Å². The second kappa shape index (κ2) is 7.02. The molecule has 2 aliphatic heterocycles. The van der Waals surface area contributed by atoms with Gasteiger partial charge in [-0.15, -0.1) is 0 Å². The van der Waals surface area contributed by atoms with Gasteiger partial charge in [-0.1, -0.05) is 18.5 Å². The molecule has 1 spiro atoms. The zero-order valence-corrected chi connectivity index (χ0v) is 15.7. The summed E-state index contributed by atoms with van der Waals surface area (Å²) in [6.45, 7) is 6.51. The Bertz CT molecular complexity index is 606. The van der Waals surface area contributed by atoms with Gasteiger partial charge in [-0.2, -0.15) is 5.10 Å². The SMILES string of the molecule is CCc1nn(C)c(Cl)c1CN1CCC2(CC1)C(=O)NCCCN2C. The van der Waals surface area contributed by atoms with Crippen molar-refractivity contribution in [2.24, 2.45) is 7.05 Å². The highest BCUT2D eigenvalue weighted by Gasteiger charge is 2.45. The number of halogens is 1. The number of carbonyl (C=O) groups excluding carboxylic acids is 1. The Hall–Kier alpha value is -1.11. The highest BCUT2D eigenvalue weighted by atomic mass is 35.5. The normalized spacial score (nSPS) is 22.6. The molecule has 0 aliphatic carbocycles. The van der Waals surface area contributed by atoms with E-state index >= 15 is 0 Å². The van der Waals surface area contributed by atoms with Crippen LogP contribution in [0.2, 0.25) is 5.15 Å². The molecule has 3 heterocycles. The molecule has 6 nitrogen and oxygen atoms in total. The second-order valence-electron chi connectivity index (χ2n) is 7.03. The summed E-state index contributed by atoms with van der Waals surface area (Å²) < 4.78 is 1.76. The number of hydrogen-bond donors (Lipinski definition) is 1. The van der Waals surface area contributed by atoms with Crippen molar-refractivity contribution in [3.05, 3.63) is 16.4 Å². The van der Waals surface area contributed by atoms with Crippen molar-refractivity contribution in [3.8, 4) is 0 Å². The topological polar surface area (TPSA) is 53.4 Å². The standard InChI is InChI=1S/C17H28ClN5O/c1-4-14-13(15(18)22(3)20-14)12-23-10-6-17(7-11-23)16(24)19-8-5-9-21(17)2/h4-12H2,1-3H3,(H,19,24). The Morgan fingerprint density at radius 3 is 2.62 bits per heavy atom. The lowest BCUT2D eigenvalue weighted by atomic mass is 9.85. The molecule has 0 bridgehead atoms. The number of nitrogens with zero attached hydrogens (tertiary/aromatic N) is 4. The van der Waals surface area contributed by atoms with Gasteiger partial charge in [0.25, 0.3) is 0 Å². The number of aromatic nitrogens is 2. The van der Waals surface area contributed by atoms with Crippen LogP contribution in [0.1, 0.15) is 37.4 Å². The number of rotatable bonds is 3. The lowest BCUT2D eigenvalue weighted by Crippen LogP contribution is -2.60. The van der Waals surface area contributed by atoms with Gasteiger partial charge in [0, 0.05) is 45.3 Å². The predicted octanol–water partition coefficient (Wildman–Crippen LogP) is 1.42.